The number of piperidine rings is 1. The van der Waals surface area contributed by atoms with Crippen LogP contribution < -0.4 is 4.74 Å². The van der Waals surface area contributed by atoms with Crippen molar-refractivity contribution in [1.82, 2.24) is 9.47 Å². The zero-order valence-corrected chi connectivity index (χ0v) is 18.9. The van der Waals surface area contributed by atoms with E-state index in [2.05, 4.69) is 0 Å². The first kappa shape index (κ1) is 22.5. The maximum absolute atomic E-state index is 13.8. The number of nitrogens with zero attached hydrogens (tertiary/aromatic N) is 2. The van der Waals surface area contributed by atoms with Crippen molar-refractivity contribution in [3.05, 3.63) is 83.2 Å². The second-order valence-electron chi connectivity index (χ2n) is 9.43. The highest BCUT2D eigenvalue weighted by atomic mass is 19.4. The number of carbonyl (C=O) groups excluding carboxylic acids is 1. The van der Waals surface area contributed by atoms with Gasteiger partial charge < -0.3 is 19.3 Å². The summed E-state index contributed by atoms with van der Waals surface area (Å²) in [7, 11) is 0. The highest BCUT2D eigenvalue weighted by Gasteiger charge is 2.48. The normalized spacial score (nSPS) is 17.2. The van der Waals surface area contributed by atoms with E-state index >= 15 is 0 Å². The molecule has 1 fully saturated rings. The molecule has 1 N–H and O–H groups in total. The lowest BCUT2D eigenvalue weighted by atomic mass is 9.86. The third-order valence-electron chi connectivity index (χ3n) is 6.75. The summed E-state index contributed by atoms with van der Waals surface area (Å²) in [5.74, 6) is 0.249. The predicted octanol–water partition coefficient (Wildman–Crippen LogP) is 5.25. The van der Waals surface area contributed by atoms with Gasteiger partial charge in [0.05, 0.1) is 17.0 Å². The van der Waals surface area contributed by atoms with E-state index in [0.717, 1.165) is 6.07 Å². The Balaban J connectivity index is 1.42. The van der Waals surface area contributed by atoms with Crippen LogP contribution in [0.4, 0.5) is 13.2 Å². The highest BCUT2D eigenvalue weighted by molar-refractivity contribution is 5.94. The molecule has 34 heavy (non-hydrogen) atoms. The lowest BCUT2D eigenvalue weighted by Crippen LogP contribution is -2.50. The maximum atomic E-state index is 13.8. The van der Waals surface area contributed by atoms with Crippen LogP contribution in [0.5, 0.6) is 5.75 Å². The van der Waals surface area contributed by atoms with Crippen LogP contribution >= 0.6 is 0 Å². The summed E-state index contributed by atoms with van der Waals surface area (Å²) in [6.45, 7) is 4.05. The Morgan fingerprint density at radius 2 is 1.62 bits per heavy atom. The standard InChI is InChI=1S/C26H25F3N2O3/c1-24(2,33)18-9-7-17(8-10-18)23(32)30-15-13-25(14-16-30)21-11-12-22(26(27,28)29)31(21)19-5-3-4-6-20(19)34-25/h3-12,33H,13-16H2,1-2H3. The molecular formula is C26H25F3N2O3. The van der Waals surface area contributed by atoms with Crippen LogP contribution in [0.15, 0.2) is 60.7 Å². The van der Waals surface area contributed by atoms with Crippen LogP contribution in [-0.4, -0.2) is 33.6 Å². The largest absolute Gasteiger partial charge is 0.479 e. The highest BCUT2D eigenvalue weighted by Crippen LogP contribution is 2.48. The molecule has 3 aromatic rings. The molecule has 0 saturated carbocycles. The zero-order chi connectivity index (χ0) is 24.3. The van der Waals surface area contributed by atoms with E-state index in [4.69, 9.17) is 4.74 Å². The molecule has 0 bridgehead atoms. The number of amides is 1. The predicted molar refractivity (Wildman–Crippen MR) is 120 cm³/mol. The van der Waals surface area contributed by atoms with Gasteiger partial charge >= 0.3 is 6.18 Å². The molecule has 178 valence electrons. The molecule has 2 aliphatic heterocycles. The number of alkyl halides is 3. The number of para-hydroxylation sites is 2. The second-order valence-corrected chi connectivity index (χ2v) is 9.43. The first-order valence-corrected chi connectivity index (χ1v) is 11.2. The summed E-state index contributed by atoms with van der Waals surface area (Å²) in [6, 6.07) is 16.2. The number of likely N-dealkylation sites (tertiary alicyclic amines) is 1. The molecule has 1 aromatic heterocycles. The van der Waals surface area contributed by atoms with Crippen LogP contribution in [-0.2, 0) is 17.4 Å². The van der Waals surface area contributed by atoms with E-state index in [9.17, 15) is 23.1 Å². The minimum absolute atomic E-state index is 0.153. The molecule has 0 atom stereocenters. The molecule has 0 aliphatic carbocycles. The van der Waals surface area contributed by atoms with Crippen molar-refractivity contribution in [2.75, 3.05) is 13.1 Å². The first-order chi connectivity index (χ1) is 16.0. The van der Waals surface area contributed by atoms with Gasteiger partial charge in [0, 0.05) is 31.5 Å². The van der Waals surface area contributed by atoms with Gasteiger partial charge in [0.15, 0.2) is 5.60 Å². The van der Waals surface area contributed by atoms with Gasteiger partial charge in [-0.2, -0.15) is 13.2 Å². The lowest BCUT2D eigenvalue weighted by molar-refractivity contribution is -0.143. The fraction of sp³-hybridized carbons (Fsp3) is 0.346. The third kappa shape index (κ3) is 3.66. The van der Waals surface area contributed by atoms with Gasteiger partial charge in [0.25, 0.3) is 5.91 Å². The number of aromatic nitrogens is 1. The molecule has 1 spiro atoms. The number of hydrogen-bond donors (Lipinski definition) is 1. The van der Waals surface area contributed by atoms with Gasteiger partial charge in [0.1, 0.15) is 11.4 Å². The SMILES string of the molecule is CC(C)(O)c1ccc(C(=O)N2CCC3(CC2)Oc2ccccc2-n2c(C(F)(F)F)ccc23)cc1. The summed E-state index contributed by atoms with van der Waals surface area (Å²) >= 11 is 0. The fourth-order valence-electron chi connectivity index (χ4n) is 4.90. The minimum Gasteiger partial charge on any atom is -0.479 e. The number of rotatable bonds is 2. The van der Waals surface area contributed by atoms with Crippen LogP contribution in [0.25, 0.3) is 5.69 Å². The van der Waals surface area contributed by atoms with Gasteiger partial charge in [-0.15, -0.1) is 0 Å². The minimum atomic E-state index is -4.50. The van der Waals surface area contributed by atoms with Crippen molar-refractivity contribution >= 4 is 5.91 Å². The van der Waals surface area contributed by atoms with Gasteiger partial charge in [-0.3, -0.25) is 4.79 Å². The molecule has 1 amide bonds. The average Bonchev–Trinajstić information content (AvgIpc) is 3.26. The Kier molecular flexibility index (Phi) is 5.06. The van der Waals surface area contributed by atoms with Gasteiger partial charge in [-0.25, -0.2) is 0 Å². The van der Waals surface area contributed by atoms with E-state index in [1.165, 1.54) is 10.6 Å². The van der Waals surface area contributed by atoms with E-state index in [-0.39, 0.29) is 5.91 Å². The molecular weight excluding hydrogens is 445 g/mol. The van der Waals surface area contributed by atoms with Gasteiger partial charge in [-0.1, -0.05) is 24.3 Å². The third-order valence-corrected chi connectivity index (χ3v) is 6.75. The van der Waals surface area contributed by atoms with Gasteiger partial charge in [-0.05, 0) is 55.8 Å². The second kappa shape index (κ2) is 7.63. The first-order valence-electron chi connectivity index (χ1n) is 11.2. The smallest absolute Gasteiger partial charge is 0.431 e. The molecule has 0 radical (unpaired) electrons. The van der Waals surface area contributed by atoms with Crippen LogP contribution in [0, 0.1) is 0 Å². The number of ether oxygens (including phenoxy) is 1. The molecule has 1 saturated heterocycles. The number of fused-ring (bicyclic) bond motifs is 4. The number of aliphatic hydroxyl groups is 1. The van der Waals surface area contributed by atoms with Crippen molar-refractivity contribution in [2.45, 2.75) is 44.1 Å². The van der Waals surface area contributed by atoms with E-state index < -0.39 is 23.1 Å². The number of halogens is 3. The zero-order valence-electron chi connectivity index (χ0n) is 18.9. The maximum Gasteiger partial charge on any atom is 0.431 e. The molecule has 3 heterocycles. The molecule has 8 heteroatoms. The number of carbonyl (C=O) groups is 1. The van der Waals surface area contributed by atoms with Crippen molar-refractivity contribution in [2.24, 2.45) is 0 Å². The Bertz CT molecular complexity index is 1230. The Morgan fingerprint density at radius 3 is 2.24 bits per heavy atom. The summed E-state index contributed by atoms with van der Waals surface area (Å²) in [5.41, 5.74) is -0.648. The van der Waals surface area contributed by atoms with Crippen molar-refractivity contribution in [3.63, 3.8) is 0 Å². The van der Waals surface area contributed by atoms with Gasteiger partial charge in [0.2, 0.25) is 0 Å². The van der Waals surface area contributed by atoms with E-state index in [1.54, 1.807) is 67.3 Å². The topological polar surface area (TPSA) is 54.7 Å². The molecule has 2 aromatic carbocycles. The average molecular weight is 470 g/mol. The fourth-order valence-corrected chi connectivity index (χ4v) is 4.90. The number of hydrogen-bond acceptors (Lipinski definition) is 3. The Hall–Kier alpha value is -3.26. The monoisotopic (exact) mass is 470 g/mol. The van der Waals surface area contributed by atoms with E-state index in [1.807, 2.05) is 0 Å². The molecule has 2 aliphatic rings. The van der Waals surface area contributed by atoms with Crippen molar-refractivity contribution < 1.29 is 27.8 Å². The molecule has 5 nitrogen and oxygen atoms in total. The quantitative estimate of drug-likeness (QED) is 0.557. The van der Waals surface area contributed by atoms with Crippen molar-refractivity contribution in [1.29, 1.82) is 0 Å². The Labute approximate surface area is 195 Å². The molecule has 5 rings (SSSR count). The molecule has 0 unspecified atom stereocenters. The Morgan fingerprint density at radius 1 is 0.971 bits per heavy atom. The number of benzene rings is 2. The lowest BCUT2D eigenvalue weighted by Gasteiger charge is -2.45. The summed E-state index contributed by atoms with van der Waals surface area (Å²) in [6.07, 6.45) is -3.76. The van der Waals surface area contributed by atoms with Crippen LogP contribution in [0.2, 0.25) is 0 Å². The summed E-state index contributed by atoms with van der Waals surface area (Å²) in [4.78, 5) is 14.8. The van der Waals surface area contributed by atoms with Crippen LogP contribution in [0.1, 0.15) is 54.0 Å². The van der Waals surface area contributed by atoms with E-state index in [0.29, 0.717) is 54.2 Å². The summed E-state index contributed by atoms with van der Waals surface area (Å²) < 4.78 is 49.0. The van der Waals surface area contributed by atoms with Crippen LogP contribution in [0.3, 0.4) is 0 Å². The van der Waals surface area contributed by atoms with Crippen molar-refractivity contribution in [3.8, 4) is 11.4 Å². The summed E-state index contributed by atoms with van der Waals surface area (Å²) in [5, 5.41) is 10.1.